The van der Waals surface area contributed by atoms with Crippen molar-refractivity contribution in [1.29, 1.82) is 0 Å². The largest absolute Gasteiger partial charge is 0.385 e. The number of nitrogens with one attached hydrogen (secondary N) is 2. The summed E-state index contributed by atoms with van der Waals surface area (Å²) in [4.78, 5) is 50.8. The van der Waals surface area contributed by atoms with Gasteiger partial charge < -0.3 is 5.32 Å². The Labute approximate surface area is 237 Å². The molecule has 41 heavy (non-hydrogen) atoms. The van der Waals surface area contributed by atoms with Crippen LogP contribution in [0.25, 0.3) is 10.9 Å². The number of hydrogen-bond donors (Lipinski definition) is 2. The summed E-state index contributed by atoms with van der Waals surface area (Å²) in [5, 5.41) is 12.1. The van der Waals surface area contributed by atoms with E-state index >= 15 is 0 Å². The third kappa shape index (κ3) is 4.00. The highest BCUT2D eigenvalue weighted by molar-refractivity contribution is 6.23. The molecule has 4 amide bonds. The number of benzene rings is 2. The Balaban J connectivity index is 0.848. The first-order chi connectivity index (χ1) is 19.9. The number of imide groups is 2. The van der Waals surface area contributed by atoms with Crippen LogP contribution in [-0.4, -0.2) is 50.9 Å². The SMILES string of the molecule is O=C1CCC(N2C(=O)c3ccc(NCCC4CC5(C4)CC(n4nc(C6CC6)c6ccccc64)C5)cc3C2=O)C(=O)N1. The van der Waals surface area contributed by atoms with E-state index in [1.807, 2.05) is 6.07 Å². The van der Waals surface area contributed by atoms with Crippen molar-refractivity contribution >= 4 is 40.2 Å². The van der Waals surface area contributed by atoms with Crippen LogP contribution in [-0.2, 0) is 9.59 Å². The summed E-state index contributed by atoms with van der Waals surface area (Å²) in [5.74, 6) is -0.567. The van der Waals surface area contributed by atoms with Crippen molar-refractivity contribution in [2.75, 3.05) is 11.9 Å². The molecule has 3 aromatic rings. The molecule has 2 aromatic carbocycles. The number of hydrogen-bond acceptors (Lipinski definition) is 6. The third-order valence-corrected chi connectivity index (χ3v) is 10.1. The predicted molar refractivity (Wildman–Crippen MR) is 151 cm³/mol. The van der Waals surface area contributed by atoms with Crippen molar-refractivity contribution < 1.29 is 19.2 Å². The lowest BCUT2D eigenvalue weighted by molar-refractivity contribution is -0.136. The van der Waals surface area contributed by atoms with E-state index in [2.05, 4.69) is 39.6 Å². The number of carbonyl (C=O) groups excluding carboxylic acids is 4. The normalized spacial score (nSPS) is 29.0. The molecule has 4 fully saturated rings. The second-order valence-electron chi connectivity index (χ2n) is 12.9. The number of aromatic nitrogens is 2. The summed E-state index contributed by atoms with van der Waals surface area (Å²) < 4.78 is 2.32. The second-order valence-corrected chi connectivity index (χ2v) is 12.9. The Kier molecular flexibility index (Phi) is 5.43. The molecule has 2 aliphatic heterocycles. The summed E-state index contributed by atoms with van der Waals surface area (Å²) >= 11 is 0. The Morgan fingerprint density at radius 2 is 1.71 bits per heavy atom. The van der Waals surface area contributed by atoms with Gasteiger partial charge in [-0.1, -0.05) is 18.2 Å². The molecule has 8 rings (SSSR count). The van der Waals surface area contributed by atoms with E-state index in [0.29, 0.717) is 34.4 Å². The van der Waals surface area contributed by atoms with Crippen molar-refractivity contribution in [1.82, 2.24) is 20.0 Å². The molecule has 1 unspecified atom stereocenters. The van der Waals surface area contributed by atoms with Crippen LogP contribution in [0.15, 0.2) is 42.5 Å². The summed E-state index contributed by atoms with van der Waals surface area (Å²) in [5.41, 5.74) is 4.49. The lowest BCUT2D eigenvalue weighted by atomic mass is 9.49. The average Bonchev–Trinajstić information content (AvgIpc) is 3.65. The van der Waals surface area contributed by atoms with Gasteiger partial charge in [0, 0.05) is 30.0 Å². The molecule has 210 valence electrons. The number of carbonyl (C=O) groups is 4. The molecule has 0 radical (unpaired) electrons. The molecule has 3 aliphatic carbocycles. The van der Waals surface area contributed by atoms with Crippen LogP contribution in [0.1, 0.15) is 96.2 Å². The molecule has 3 heterocycles. The molecule has 1 spiro atoms. The first-order valence-electron chi connectivity index (χ1n) is 15.0. The van der Waals surface area contributed by atoms with Crippen molar-refractivity contribution in [3.63, 3.8) is 0 Å². The van der Waals surface area contributed by atoms with Gasteiger partial charge in [0.25, 0.3) is 11.8 Å². The molecular weight excluding hydrogens is 518 g/mol. The molecule has 3 saturated carbocycles. The summed E-state index contributed by atoms with van der Waals surface area (Å²) in [7, 11) is 0. The van der Waals surface area contributed by atoms with Crippen molar-refractivity contribution in [2.24, 2.45) is 11.3 Å². The number of para-hydroxylation sites is 1. The minimum absolute atomic E-state index is 0.112. The zero-order valence-corrected chi connectivity index (χ0v) is 22.9. The van der Waals surface area contributed by atoms with Gasteiger partial charge >= 0.3 is 0 Å². The summed E-state index contributed by atoms with van der Waals surface area (Å²) in [6.45, 7) is 0.802. The van der Waals surface area contributed by atoms with E-state index in [-0.39, 0.29) is 18.7 Å². The van der Waals surface area contributed by atoms with Gasteiger partial charge in [-0.15, -0.1) is 0 Å². The van der Waals surface area contributed by atoms with E-state index in [4.69, 9.17) is 5.10 Å². The number of piperidine rings is 1. The Hall–Kier alpha value is -4.01. The van der Waals surface area contributed by atoms with Gasteiger partial charge in [0.05, 0.1) is 28.4 Å². The Bertz CT molecular complexity index is 1620. The maximum absolute atomic E-state index is 13.1. The highest BCUT2D eigenvalue weighted by Crippen LogP contribution is 2.63. The van der Waals surface area contributed by atoms with Gasteiger partial charge in [-0.25, -0.2) is 0 Å². The number of fused-ring (bicyclic) bond motifs is 2. The lowest BCUT2D eigenvalue weighted by Gasteiger charge is -2.58. The molecule has 1 atom stereocenters. The number of anilines is 1. The highest BCUT2D eigenvalue weighted by Gasteiger charge is 2.53. The second kappa shape index (κ2) is 8.99. The summed E-state index contributed by atoms with van der Waals surface area (Å²) in [6.07, 6.45) is 8.84. The van der Waals surface area contributed by atoms with E-state index < -0.39 is 23.8 Å². The minimum atomic E-state index is -0.944. The van der Waals surface area contributed by atoms with Gasteiger partial charge in [-0.3, -0.25) is 34.1 Å². The van der Waals surface area contributed by atoms with E-state index in [9.17, 15) is 19.2 Å². The van der Waals surface area contributed by atoms with Crippen molar-refractivity contribution in [2.45, 2.75) is 75.8 Å². The first-order valence-corrected chi connectivity index (χ1v) is 15.0. The molecular formula is C32H33N5O4. The number of rotatable bonds is 7. The third-order valence-electron chi connectivity index (χ3n) is 10.1. The fourth-order valence-electron chi connectivity index (χ4n) is 7.87. The zero-order valence-electron chi connectivity index (χ0n) is 22.9. The van der Waals surface area contributed by atoms with Crippen molar-refractivity contribution in [3.8, 4) is 0 Å². The quantitative estimate of drug-likeness (QED) is 0.417. The molecule has 5 aliphatic rings. The Morgan fingerprint density at radius 3 is 2.49 bits per heavy atom. The number of nitrogens with zero attached hydrogens (tertiary/aromatic N) is 3. The van der Waals surface area contributed by atoms with Gasteiger partial charge in [0.15, 0.2) is 0 Å². The van der Waals surface area contributed by atoms with Crippen LogP contribution in [0.3, 0.4) is 0 Å². The zero-order chi connectivity index (χ0) is 27.9. The molecule has 1 saturated heterocycles. The van der Waals surface area contributed by atoms with Gasteiger partial charge in [0.2, 0.25) is 11.8 Å². The van der Waals surface area contributed by atoms with E-state index in [1.165, 1.54) is 55.1 Å². The van der Waals surface area contributed by atoms with Gasteiger partial charge in [-0.05, 0) is 87.0 Å². The average molecular weight is 552 g/mol. The molecule has 2 N–H and O–H groups in total. The van der Waals surface area contributed by atoms with Gasteiger partial charge in [0.1, 0.15) is 6.04 Å². The van der Waals surface area contributed by atoms with E-state index in [1.54, 1.807) is 12.1 Å². The maximum atomic E-state index is 13.1. The monoisotopic (exact) mass is 551 g/mol. The fourth-order valence-corrected chi connectivity index (χ4v) is 7.87. The van der Waals surface area contributed by atoms with Crippen molar-refractivity contribution in [3.05, 3.63) is 59.3 Å². The van der Waals surface area contributed by atoms with E-state index in [0.717, 1.165) is 23.6 Å². The molecule has 9 heteroatoms. The van der Waals surface area contributed by atoms with Crippen LogP contribution < -0.4 is 10.6 Å². The molecule has 1 aromatic heterocycles. The standard InChI is InChI=1S/C32H33N5O4/c38-27-10-9-26(29(39)34-27)36-30(40)22-8-7-20(13-24(22)31(36)41)33-12-11-18-14-32(15-18)16-21(17-32)37-25-4-2-1-3-23(25)28(35-37)19-5-6-19/h1-4,7-8,13,18-19,21,26,33H,5-6,9-12,14-17H2,(H,34,38,39). The summed E-state index contributed by atoms with van der Waals surface area (Å²) in [6, 6.07) is 13.5. The van der Waals surface area contributed by atoms with Crippen LogP contribution in [0.4, 0.5) is 5.69 Å². The predicted octanol–water partition coefficient (Wildman–Crippen LogP) is 4.55. The maximum Gasteiger partial charge on any atom is 0.262 e. The minimum Gasteiger partial charge on any atom is -0.385 e. The molecule has 9 nitrogen and oxygen atoms in total. The first kappa shape index (κ1) is 24.8. The van der Waals surface area contributed by atoms with Crippen LogP contribution >= 0.6 is 0 Å². The molecule has 0 bridgehead atoms. The van der Waals surface area contributed by atoms with Crippen LogP contribution in [0, 0.1) is 11.3 Å². The smallest absolute Gasteiger partial charge is 0.262 e. The van der Waals surface area contributed by atoms with Gasteiger partial charge in [-0.2, -0.15) is 5.10 Å². The topological polar surface area (TPSA) is 113 Å². The van der Waals surface area contributed by atoms with Crippen LogP contribution in [0.2, 0.25) is 0 Å². The number of amides is 4. The highest BCUT2D eigenvalue weighted by atomic mass is 16.2. The Morgan fingerprint density at radius 1 is 0.927 bits per heavy atom. The fraction of sp³-hybridized carbons (Fsp3) is 0.469. The van der Waals surface area contributed by atoms with Crippen LogP contribution in [0.5, 0.6) is 0 Å². The lowest BCUT2D eigenvalue weighted by Crippen LogP contribution is -2.54.